The van der Waals surface area contributed by atoms with E-state index in [1.165, 1.54) is 23.1 Å². The minimum Gasteiger partial charge on any atom is -0.461 e. The molecule has 3 aromatic rings. The first-order valence-corrected chi connectivity index (χ1v) is 8.10. The summed E-state index contributed by atoms with van der Waals surface area (Å²) >= 11 is 2.90. The van der Waals surface area contributed by atoms with Crippen LogP contribution in [0.25, 0.3) is 11.4 Å². The Morgan fingerprint density at radius 2 is 2.18 bits per heavy atom. The third-order valence-corrected chi connectivity index (χ3v) is 4.58. The second-order valence-corrected chi connectivity index (χ2v) is 6.26. The maximum absolute atomic E-state index is 11.6. The molecule has 1 aromatic carbocycles. The van der Waals surface area contributed by atoms with Gasteiger partial charge in [0.25, 0.3) is 0 Å². The molecule has 1 N–H and O–H groups in total. The Bertz CT molecular complexity index is 755. The molecule has 0 aliphatic carbocycles. The number of ether oxygens (including phenoxy) is 1. The molecule has 7 nitrogen and oxygen atoms in total. The van der Waals surface area contributed by atoms with Gasteiger partial charge in [0, 0.05) is 15.8 Å². The lowest BCUT2D eigenvalue weighted by atomic mass is 10.2. The summed E-state index contributed by atoms with van der Waals surface area (Å²) in [6.45, 7) is 2.11. The van der Waals surface area contributed by atoms with Crippen molar-refractivity contribution in [3.05, 3.63) is 35.3 Å². The molecule has 22 heavy (non-hydrogen) atoms. The van der Waals surface area contributed by atoms with E-state index in [1.54, 1.807) is 12.3 Å². The minimum absolute atomic E-state index is 0.344. The van der Waals surface area contributed by atoms with Gasteiger partial charge in [-0.1, -0.05) is 11.8 Å². The number of rotatable bonds is 5. The van der Waals surface area contributed by atoms with Crippen molar-refractivity contribution in [3.63, 3.8) is 0 Å². The first kappa shape index (κ1) is 14.7. The van der Waals surface area contributed by atoms with Crippen molar-refractivity contribution >= 4 is 29.1 Å². The summed E-state index contributed by atoms with van der Waals surface area (Å²) in [5.74, 6) is 0.161. The lowest BCUT2D eigenvalue weighted by molar-refractivity contribution is 0.0520. The number of hydrogen-bond donors (Lipinski definition) is 1. The molecule has 2 heterocycles. The fraction of sp³-hybridized carbons (Fsp3) is 0.154. The summed E-state index contributed by atoms with van der Waals surface area (Å²) < 4.78 is 5.71. The van der Waals surface area contributed by atoms with Crippen LogP contribution in [0.3, 0.4) is 0 Å². The van der Waals surface area contributed by atoms with E-state index in [4.69, 9.17) is 4.74 Å². The topological polar surface area (TPSA) is 93.7 Å². The van der Waals surface area contributed by atoms with Gasteiger partial charge in [0.2, 0.25) is 5.82 Å². The molecule has 0 spiro atoms. The first-order valence-electron chi connectivity index (χ1n) is 6.40. The van der Waals surface area contributed by atoms with Crippen molar-refractivity contribution in [2.24, 2.45) is 0 Å². The molecule has 0 amide bonds. The van der Waals surface area contributed by atoms with Gasteiger partial charge in [-0.15, -0.1) is 21.5 Å². The standard InChI is InChI=1S/C13H11N5O2S2/c1-2-20-12(19)10-7-21-13(14-10)22-9-5-3-8(4-6-9)11-15-17-18-16-11/h3-7H,2H2,1H3,(H,15,16,17,18). The maximum Gasteiger partial charge on any atom is 0.357 e. The number of H-pyrrole nitrogens is 1. The van der Waals surface area contributed by atoms with Crippen LogP contribution in [0.1, 0.15) is 17.4 Å². The van der Waals surface area contributed by atoms with Crippen LogP contribution in [0.4, 0.5) is 0 Å². The molecular formula is C13H11N5O2S2. The van der Waals surface area contributed by atoms with E-state index in [1.807, 2.05) is 24.3 Å². The van der Waals surface area contributed by atoms with Crippen LogP contribution in [0.5, 0.6) is 0 Å². The molecular weight excluding hydrogens is 322 g/mol. The van der Waals surface area contributed by atoms with Gasteiger partial charge >= 0.3 is 5.97 Å². The summed E-state index contributed by atoms with van der Waals surface area (Å²) in [4.78, 5) is 16.9. The number of carbonyl (C=O) groups is 1. The van der Waals surface area contributed by atoms with Gasteiger partial charge in [0.05, 0.1) is 6.61 Å². The van der Waals surface area contributed by atoms with Crippen molar-refractivity contribution in [1.29, 1.82) is 0 Å². The van der Waals surface area contributed by atoms with Gasteiger partial charge in [-0.3, -0.25) is 0 Å². The van der Waals surface area contributed by atoms with Crippen molar-refractivity contribution in [2.45, 2.75) is 16.2 Å². The van der Waals surface area contributed by atoms with Crippen LogP contribution >= 0.6 is 23.1 Å². The summed E-state index contributed by atoms with van der Waals surface area (Å²) in [7, 11) is 0. The Balaban J connectivity index is 1.70. The van der Waals surface area contributed by atoms with Gasteiger partial charge < -0.3 is 4.74 Å². The Hall–Kier alpha value is -2.26. The highest BCUT2D eigenvalue weighted by Crippen LogP contribution is 2.31. The zero-order chi connectivity index (χ0) is 15.4. The first-order chi connectivity index (χ1) is 10.8. The van der Waals surface area contributed by atoms with Crippen molar-refractivity contribution < 1.29 is 9.53 Å². The van der Waals surface area contributed by atoms with Crippen LogP contribution in [0, 0.1) is 0 Å². The van der Waals surface area contributed by atoms with E-state index in [9.17, 15) is 4.79 Å². The number of benzene rings is 1. The van der Waals surface area contributed by atoms with Crippen molar-refractivity contribution in [3.8, 4) is 11.4 Å². The number of aromatic nitrogens is 5. The highest BCUT2D eigenvalue weighted by Gasteiger charge is 2.12. The smallest absolute Gasteiger partial charge is 0.357 e. The molecule has 0 saturated carbocycles. The fourth-order valence-corrected chi connectivity index (χ4v) is 3.42. The fourth-order valence-electron chi connectivity index (χ4n) is 1.66. The average molecular weight is 333 g/mol. The summed E-state index contributed by atoms with van der Waals surface area (Å²) in [6.07, 6.45) is 0. The summed E-state index contributed by atoms with van der Waals surface area (Å²) in [5, 5.41) is 15.5. The van der Waals surface area contributed by atoms with E-state index >= 15 is 0 Å². The number of thiazole rings is 1. The monoisotopic (exact) mass is 333 g/mol. The predicted octanol–water partition coefficient (Wildman–Crippen LogP) is 2.65. The number of carbonyl (C=O) groups excluding carboxylic acids is 1. The molecule has 2 aromatic heterocycles. The molecule has 0 aliphatic rings. The largest absolute Gasteiger partial charge is 0.461 e. The molecule has 0 unspecified atom stereocenters. The van der Waals surface area contributed by atoms with Gasteiger partial charge in [0.1, 0.15) is 0 Å². The number of tetrazole rings is 1. The zero-order valence-electron chi connectivity index (χ0n) is 11.5. The van der Waals surface area contributed by atoms with Gasteiger partial charge in [-0.05, 0) is 36.4 Å². The molecule has 112 valence electrons. The zero-order valence-corrected chi connectivity index (χ0v) is 13.1. The van der Waals surface area contributed by atoms with Crippen LogP contribution in [0.2, 0.25) is 0 Å². The molecule has 9 heteroatoms. The van der Waals surface area contributed by atoms with Crippen LogP contribution < -0.4 is 0 Å². The number of aromatic amines is 1. The Kier molecular flexibility index (Phi) is 4.45. The average Bonchev–Trinajstić information content (AvgIpc) is 3.19. The lowest BCUT2D eigenvalue weighted by Gasteiger charge is -1.99. The number of esters is 1. The van der Waals surface area contributed by atoms with Crippen molar-refractivity contribution in [1.82, 2.24) is 25.6 Å². The van der Waals surface area contributed by atoms with E-state index in [2.05, 4.69) is 25.6 Å². The van der Waals surface area contributed by atoms with E-state index in [-0.39, 0.29) is 0 Å². The molecule has 0 bridgehead atoms. The van der Waals surface area contributed by atoms with Gasteiger partial charge in [-0.25, -0.2) is 9.78 Å². The molecule has 0 aliphatic heterocycles. The lowest BCUT2D eigenvalue weighted by Crippen LogP contribution is -2.04. The Labute approximate surface area is 134 Å². The SMILES string of the molecule is CCOC(=O)c1csc(Sc2ccc(-c3nn[nH]n3)cc2)n1. The van der Waals surface area contributed by atoms with Gasteiger partial charge in [-0.2, -0.15) is 5.21 Å². The third kappa shape index (κ3) is 3.31. The molecule has 0 fully saturated rings. The number of nitrogens with zero attached hydrogens (tertiary/aromatic N) is 4. The highest BCUT2D eigenvalue weighted by atomic mass is 32.2. The van der Waals surface area contributed by atoms with Crippen LogP contribution in [0.15, 0.2) is 38.9 Å². The van der Waals surface area contributed by atoms with Gasteiger partial charge in [0.15, 0.2) is 10.0 Å². The summed E-state index contributed by atoms with van der Waals surface area (Å²) in [6, 6.07) is 7.71. The molecule has 0 radical (unpaired) electrons. The van der Waals surface area contributed by atoms with Crippen molar-refractivity contribution in [2.75, 3.05) is 6.61 Å². The number of nitrogens with one attached hydrogen (secondary N) is 1. The quantitative estimate of drug-likeness (QED) is 0.717. The van der Waals surface area contributed by atoms with Crippen LogP contribution in [-0.4, -0.2) is 38.2 Å². The highest BCUT2D eigenvalue weighted by molar-refractivity contribution is 8.01. The second kappa shape index (κ2) is 6.67. The van der Waals surface area contributed by atoms with E-state index in [0.29, 0.717) is 18.1 Å². The van der Waals surface area contributed by atoms with E-state index in [0.717, 1.165) is 14.8 Å². The predicted molar refractivity (Wildman–Crippen MR) is 81.8 cm³/mol. The van der Waals surface area contributed by atoms with Crippen LogP contribution in [-0.2, 0) is 4.74 Å². The normalized spacial score (nSPS) is 10.6. The minimum atomic E-state index is -0.391. The number of hydrogen-bond acceptors (Lipinski definition) is 8. The van der Waals surface area contributed by atoms with E-state index < -0.39 is 5.97 Å². The molecule has 3 rings (SSSR count). The maximum atomic E-state index is 11.6. The molecule has 0 atom stereocenters. The Morgan fingerprint density at radius 1 is 1.36 bits per heavy atom. The Morgan fingerprint density at radius 3 is 2.86 bits per heavy atom. The third-order valence-electron chi connectivity index (χ3n) is 2.63. The molecule has 0 saturated heterocycles. The second-order valence-electron chi connectivity index (χ2n) is 4.08. The summed E-state index contributed by atoms with van der Waals surface area (Å²) in [5.41, 5.74) is 1.22.